The minimum Gasteiger partial charge on any atom is -0.497 e. The molecule has 7 heteroatoms. The first-order valence-corrected chi connectivity index (χ1v) is 10.7. The summed E-state index contributed by atoms with van der Waals surface area (Å²) in [5.41, 5.74) is 1.93. The van der Waals surface area contributed by atoms with Crippen LogP contribution in [0.15, 0.2) is 48.5 Å². The fraction of sp³-hybridized carbons (Fsp3) is 0.417. The average Bonchev–Trinajstić information content (AvgIpc) is 3.20. The highest BCUT2D eigenvalue weighted by Crippen LogP contribution is 2.36. The number of piperazine rings is 1. The highest BCUT2D eigenvalue weighted by molar-refractivity contribution is 6.01. The third-order valence-corrected chi connectivity index (χ3v) is 6.08. The molecule has 2 heterocycles. The number of rotatable bonds is 6. The van der Waals surface area contributed by atoms with Gasteiger partial charge in [0.2, 0.25) is 11.8 Å². The Hall–Kier alpha value is -3.06. The minimum atomic E-state index is -0.330. The molecule has 4 rings (SSSR count). The Balaban J connectivity index is 1.37. The topological polar surface area (TPSA) is 62.3 Å². The molecule has 0 N–H and O–H groups in total. The van der Waals surface area contributed by atoms with Gasteiger partial charge in [-0.1, -0.05) is 30.3 Å². The van der Waals surface area contributed by atoms with Gasteiger partial charge in [0, 0.05) is 51.8 Å². The molecule has 0 aromatic heterocycles. The molecule has 2 amide bonds. The van der Waals surface area contributed by atoms with Crippen LogP contribution in [0, 0.1) is 5.92 Å². The van der Waals surface area contributed by atoms with E-state index in [-0.39, 0.29) is 24.2 Å². The van der Waals surface area contributed by atoms with Crippen LogP contribution in [-0.4, -0.2) is 68.6 Å². The molecule has 31 heavy (non-hydrogen) atoms. The Labute approximate surface area is 183 Å². The fourth-order valence-corrected chi connectivity index (χ4v) is 4.34. The third kappa shape index (κ3) is 4.66. The van der Waals surface area contributed by atoms with Crippen LogP contribution in [0.3, 0.4) is 0 Å². The van der Waals surface area contributed by atoms with Gasteiger partial charge in [0.1, 0.15) is 11.5 Å². The monoisotopic (exact) mass is 423 g/mol. The molecule has 0 radical (unpaired) electrons. The van der Waals surface area contributed by atoms with Gasteiger partial charge in [0.05, 0.1) is 25.8 Å². The Morgan fingerprint density at radius 2 is 1.74 bits per heavy atom. The van der Waals surface area contributed by atoms with Crippen LogP contribution in [0.1, 0.15) is 12.0 Å². The van der Waals surface area contributed by atoms with Crippen LogP contribution in [0.25, 0.3) is 0 Å². The molecule has 0 spiro atoms. The van der Waals surface area contributed by atoms with Gasteiger partial charge < -0.3 is 19.3 Å². The number of anilines is 1. The van der Waals surface area contributed by atoms with Gasteiger partial charge in [-0.05, 0) is 17.7 Å². The van der Waals surface area contributed by atoms with Crippen molar-refractivity contribution in [2.24, 2.45) is 5.92 Å². The molecule has 2 aliphatic rings. The summed E-state index contributed by atoms with van der Waals surface area (Å²) in [6, 6.07) is 15.7. The second-order valence-electron chi connectivity index (χ2n) is 8.03. The summed E-state index contributed by atoms with van der Waals surface area (Å²) in [5, 5.41) is 0. The molecular weight excluding hydrogens is 394 g/mol. The minimum absolute atomic E-state index is 0.0624. The van der Waals surface area contributed by atoms with Crippen molar-refractivity contribution in [1.29, 1.82) is 0 Å². The molecule has 2 aromatic carbocycles. The average molecular weight is 424 g/mol. The maximum atomic E-state index is 13.1. The number of methoxy groups -OCH3 is 2. The Bertz CT molecular complexity index is 926. The number of carbonyl (C=O) groups excluding carboxylic acids is 2. The number of hydrogen-bond donors (Lipinski definition) is 0. The first kappa shape index (κ1) is 21.2. The van der Waals surface area contributed by atoms with Crippen LogP contribution in [0.5, 0.6) is 11.5 Å². The lowest BCUT2D eigenvalue weighted by Gasteiger charge is -2.36. The first-order valence-electron chi connectivity index (χ1n) is 10.7. The van der Waals surface area contributed by atoms with E-state index < -0.39 is 0 Å². The summed E-state index contributed by atoms with van der Waals surface area (Å²) in [6.45, 7) is 4.33. The molecule has 2 saturated heterocycles. The fourth-order valence-electron chi connectivity index (χ4n) is 4.34. The summed E-state index contributed by atoms with van der Waals surface area (Å²) in [7, 11) is 3.16. The van der Waals surface area contributed by atoms with E-state index in [2.05, 4.69) is 29.2 Å². The van der Waals surface area contributed by atoms with Crippen LogP contribution >= 0.6 is 0 Å². The summed E-state index contributed by atoms with van der Waals surface area (Å²) in [4.78, 5) is 31.8. The van der Waals surface area contributed by atoms with Gasteiger partial charge in [-0.2, -0.15) is 0 Å². The van der Waals surface area contributed by atoms with Crippen molar-refractivity contribution in [1.82, 2.24) is 9.80 Å². The lowest BCUT2D eigenvalue weighted by atomic mass is 10.1. The molecule has 164 valence electrons. The van der Waals surface area contributed by atoms with Crippen molar-refractivity contribution in [2.75, 3.05) is 51.8 Å². The number of ether oxygens (including phenoxy) is 2. The number of benzene rings is 2. The normalized spacial score (nSPS) is 19.5. The SMILES string of the molecule is COc1ccc(OC)c(N2C[C@@H](C(=O)N3CCN(Cc4ccccc4)CC3)CC2=O)c1. The quantitative estimate of drug-likeness (QED) is 0.714. The van der Waals surface area contributed by atoms with Crippen molar-refractivity contribution >= 4 is 17.5 Å². The van der Waals surface area contributed by atoms with Crippen LogP contribution in [0.2, 0.25) is 0 Å². The van der Waals surface area contributed by atoms with E-state index in [1.165, 1.54) is 5.56 Å². The van der Waals surface area contributed by atoms with E-state index in [1.807, 2.05) is 11.0 Å². The Morgan fingerprint density at radius 1 is 1.00 bits per heavy atom. The summed E-state index contributed by atoms with van der Waals surface area (Å²) >= 11 is 0. The van der Waals surface area contributed by atoms with E-state index >= 15 is 0 Å². The number of hydrogen-bond acceptors (Lipinski definition) is 5. The Morgan fingerprint density at radius 3 is 2.42 bits per heavy atom. The molecule has 0 aliphatic carbocycles. The van der Waals surface area contributed by atoms with Crippen molar-refractivity contribution in [3.63, 3.8) is 0 Å². The molecule has 1 atom stereocenters. The standard InChI is InChI=1S/C24H29N3O4/c1-30-20-8-9-22(31-2)21(15-20)27-17-19(14-23(27)28)24(29)26-12-10-25(11-13-26)16-18-6-4-3-5-7-18/h3-9,15,19H,10-14,16-17H2,1-2H3/t19-/m0/s1. The maximum absolute atomic E-state index is 13.1. The maximum Gasteiger partial charge on any atom is 0.228 e. The molecular formula is C24H29N3O4. The molecule has 0 unspecified atom stereocenters. The number of carbonyl (C=O) groups is 2. The highest BCUT2D eigenvalue weighted by atomic mass is 16.5. The van der Waals surface area contributed by atoms with Crippen LogP contribution < -0.4 is 14.4 Å². The zero-order chi connectivity index (χ0) is 21.8. The first-order chi connectivity index (χ1) is 15.1. The zero-order valence-electron chi connectivity index (χ0n) is 18.1. The molecule has 2 aliphatic heterocycles. The zero-order valence-corrected chi connectivity index (χ0v) is 18.1. The lowest BCUT2D eigenvalue weighted by Crippen LogP contribution is -2.50. The van der Waals surface area contributed by atoms with E-state index in [0.717, 1.165) is 19.6 Å². The summed E-state index contributed by atoms with van der Waals surface area (Å²) in [5.74, 6) is 0.915. The van der Waals surface area contributed by atoms with Crippen molar-refractivity contribution in [3.8, 4) is 11.5 Å². The van der Waals surface area contributed by atoms with Gasteiger partial charge in [-0.3, -0.25) is 14.5 Å². The van der Waals surface area contributed by atoms with Gasteiger partial charge in [0.25, 0.3) is 0 Å². The van der Waals surface area contributed by atoms with Gasteiger partial charge >= 0.3 is 0 Å². The van der Waals surface area contributed by atoms with E-state index in [0.29, 0.717) is 36.8 Å². The van der Waals surface area contributed by atoms with Crippen LogP contribution in [0.4, 0.5) is 5.69 Å². The molecule has 2 aromatic rings. The van der Waals surface area contributed by atoms with Crippen molar-refractivity contribution in [3.05, 3.63) is 54.1 Å². The molecule has 0 saturated carbocycles. The smallest absolute Gasteiger partial charge is 0.228 e. The van der Waals surface area contributed by atoms with Crippen LogP contribution in [-0.2, 0) is 16.1 Å². The summed E-state index contributed by atoms with van der Waals surface area (Å²) < 4.78 is 10.7. The number of nitrogens with zero attached hydrogens (tertiary/aromatic N) is 3. The largest absolute Gasteiger partial charge is 0.497 e. The van der Waals surface area contributed by atoms with E-state index in [4.69, 9.17) is 9.47 Å². The van der Waals surface area contributed by atoms with Crippen molar-refractivity contribution in [2.45, 2.75) is 13.0 Å². The number of amides is 2. The van der Waals surface area contributed by atoms with Gasteiger partial charge in [-0.25, -0.2) is 0 Å². The Kier molecular flexibility index (Phi) is 6.42. The summed E-state index contributed by atoms with van der Waals surface area (Å²) in [6.07, 6.45) is 0.226. The highest BCUT2D eigenvalue weighted by Gasteiger charge is 2.39. The van der Waals surface area contributed by atoms with E-state index in [9.17, 15) is 9.59 Å². The predicted octanol–water partition coefficient (Wildman–Crippen LogP) is 2.40. The third-order valence-electron chi connectivity index (χ3n) is 6.08. The molecule has 2 fully saturated rings. The lowest BCUT2D eigenvalue weighted by molar-refractivity contribution is -0.137. The van der Waals surface area contributed by atoms with Gasteiger partial charge in [0.15, 0.2) is 0 Å². The predicted molar refractivity (Wildman–Crippen MR) is 118 cm³/mol. The second kappa shape index (κ2) is 9.39. The van der Waals surface area contributed by atoms with E-state index in [1.54, 1.807) is 37.3 Å². The van der Waals surface area contributed by atoms with Gasteiger partial charge in [-0.15, -0.1) is 0 Å². The van der Waals surface area contributed by atoms with Crippen molar-refractivity contribution < 1.29 is 19.1 Å². The molecule has 0 bridgehead atoms. The molecule has 7 nitrogen and oxygen atoms in total. The second-order valence-corrected chi connectivity index (χ2v) is 8.03.